The lowest BCUT2D eigenvalue weighted by Crippen LogP contribution is -2.05. The highest BCUT2D eigenvalue weighted by Crippen LogP contribution is 2.22. The number of esters is 1. The van der Waals surface area contributed by atoms with Gasteiger partial charge < -0.3 is 18.1 Å². The van der Waals surface area contributed by atoms with Crippen molar-refractivity contribution >= 4 is 16.9 Å². The summed E-state index contributed by atoms with van der Waals surface area (Å²) in [5, 5.41) is 8.54. The highest BCUT2D eigenvalue weighted by molar-refractivity contribution is 6.04. The van der Waals surface area contributed by atoms with E-state index in [4.69, 9.17) is 13.6 Å². The summed E-state index contributed by atoms with van der Waals surface area (Å²) in [4.78, 5) is 12.3. The van der Waals surface area contributed by atoms with E-state index in [2.05, 4.69) is 10.2 Å². The molecule has 3 aromatic heterocycles. The number of hydrogen-bond acceptors (Lipinski definition) is 6. The van der Waals surface area contributed by atoms with Crippen molar-refractivity contribution in [2.45, 2.75) is 6.61 Å². The predicted octanol–water partition coefficient (Wildman–Crippen LogP) is 3.18. The monoisotopic (exact) mass is 323 g/mol. The number of carbonyl (C=O) groups excluding carboxylic acids is 1. The lowest BCUT2D eigenvalue weighted by atomic mass is 10.2. The topological polar surface area (TPSA) is 83.3 Å². The number of para-hydroxylation sites is 1. The Labute approximate surface area is 136 Å². The third kappa shape index (κ3) is 2.45. The van der Waals surface area contributed by atoms with Crippen LogP contribution in [0.2, 0.25) is 0 Å². The fraction of sp³-hybridized carbons (Fsp3) is 0.118. The molecular weight excluding hydrogens is 310 g/mol. The third-order valence-corrected chi connectivity index (χ3v) is 3.64. The Morgan fingerprint density at radius 1 is 1.21 bits per heavy atom. The minimum atomic E-state index is -0.440. The molecule has 0 atom stereocenters. The zero-order chi connectivity index (χ0) is 16.5. The van der Waals surface area contributed by atoms with Crippen LogP contribution in [0.5, 0.6) is 0 Å². The number of carbonyl (C=O) groups is 1. The fourth-order valence-corrected chi connectivity index (χ4v) is 2.52. The smallest absolute Gasteiger partial charge is 0.340 e. The second-order valence-corrected chi connectivity index (χ2v) is 5.23. The van der Waals surface area contributed by atoms with Crippen molar-refractivity contribution in [1.29, 1.82) is 0 Å². The maximum absolute atomic E-state index is 12.3. The molecule has 0 unspecified atom stereocenters. The van der Waals surface area contributed by atoms with Gasteiger partial charge in [0.05, 0.1) is 11.8 Å². The SMILES string of the molecule is Cn1cc(C(=O)OCc2nnc(-c3ccco3)o2)c2ccccc21. The van der Waals surface area contributed by atoms with Gasteiger partial charge in [0.25, 0.3) is 11.8 Å². The van der Waals surface area contributed by atoms with Gasteiger partial charge >= 0.3 is 5.97 Å². The van der Waals surface area contributed by atoms with E-state index in [-0.39, 0.29) is 18.4 Å². The van der Waals surface area contributed by atoms with Crippen LogP contribution >= 0.6 is 0 Å². The number of hydrogen-bond donors (Lipinski definition) is 0. The largest absolute Gasteiger partial charge is 0.459 e. The molecule has 0 aliphatic rings. The molecule has 4 rings (SSSR count). The first-order valence-corrected chi connectivity index (χ1v) is 7.30. The van der Waals surface area contributed by atoms with Crippen LogP contribution in [-0.4, -0.2) is 20.7 Å². The summed E-state index contributed by atoms with van der Waals surface area (Å²) in [6, 6.07) is 11.1. The van der Waals surface area contributed by atoms with Crippen molar-refractivity contribution in [2.24, 2.45) is 7.05 Å². The molecule has 4 aromatic rings. The standard InChI is InChI=1S/C17H13N3O4/c1-20-9-12(11-5-2-3-6-13(11)20)17(21)23-10-15-18-19-16(24-15)14-7-4-8-22-14/h2-9H,10H2,1H3. The van der Waals surface area contributed by atoms with Gasteiger partial charge in [-0.15, -0.1) is 10.2 Å². The Hall–Kier alpha value is -3.35. The van der Waals surface area contributed by atoms with E-state index in [1.165, 1.54) is 6.26 Å². The molecule has 0 spiro atoms. The summed E-state index contributed by atoms with van der Waals surface area (Å²) in [6.45, 7) is -0.101. The Morgan fingerprint density at radius 2 is 2.08 bits per heavy atom. The molecule has 24 heavy (non-hydrogen) atoms. The number of aryl methyl sites for hydroxylation is 1. The van der Waals surface area contributed by atoms with Crippen LogP contribution in [0.1, 0.15) is 16.2 Å². The Morgan fingerprint density at radius 3 is 2.92 bits per heavy atom. The Bertz CT molecular complexity index is 998. The summed E-state index contributed by atoms with van der Waals surface area (Å²) >= 11 is 0. The molecule has 0 aliphatic carbocycles. The predicted molar refractivity (Wildman–Crippen MR) is 84.0 cm³/mol. The summed E-state index contributed by atoms with van der Waals surface area (Å²) in [7, 11) is 1.88. The van der Waals surface area contributed by atoms with E-state index in [1.54, 1.807) is 18.3 Å². The van der Waals surface area contributed by atoms with Gasteiger partial charge in [0.2, 0.25) is 0 Å². The van der Waals surface area contributed by atoms with Crippen molar-refractivity contribution in [3.05, 3.63) is 60.3 Å². The average Bonchev–Trinajstić information content (AvgIpc) is 3.33. The first-order valence-electron chi connectivity index (χ1n) is 7.30. The average molecular weight is 323 g/mol. The van der Waals surface area contributed by atoms with Crippen molar-refractivity contribution in [3.63, 3.8) is 0 Å². The van der Waals surface area contributed by atoms with Gasteiger partial charge in [-0.2, -0.15) is 0 Å². The van der Waals surface area contributed by atoms with Gasteiger partial charge in [0.15, 0.2) is 12.4 Å². The molecular formula is C17H13N3O4. The van der Waals surface area contributed by atoms with Crippen molar-refractivity contribution in [1.82, 2.24) is 14.8 Å². The van der Waals surface area contributed by atoms with Gasteiger partial charge in [0.1, 0.15) is 0 Å². The first-order chi connectivity index (χ1) is 11.7. The quantitative estimate of drug-likeness (QED) is 0.536. The van der Waals surface area contributed by atoms with Crippen LogP contribution in [0, 0.1) is 0 Å². The minimum Gasteiger partial charge on any atom is -0.459 e. The van der Waals surface area contributed by atoms with Crippen LogP contribution in [0.3, 0.4) is 0 Å². The third-order valence-electron chi connectivity index (χ3n) is 3.64. The van der Waals surface area contributed by atoms with E-state index in [1.807, 2.05) is 35.9 Å². The van der Waals surface area contributed by atoms with Crippen LogP contribution in [-0.2, 0) is 18.4 Å². The summed E-state index contributed by atoms with van der Waals surface area (Å²) in [6.07, 6.45) is 3.26. The number of nitrogens with zero attached hydrogens (tertiary/aromatic N) is 3. The van der Waals surface area contributed by atoms with E-state index in [0.29, 0.717) is 11.3 Å². The molecule has 0 N–H and O–H groups in total. The molecule has 3 heterocycles. The summed E-state index contributed by atoms with van der Waals surface area (Å²) in [5.41, 5.74) is 1.46. The zero-order valence-corrected chi connectivity index (χ0v) is 12.8. The van der Waals surface area contributed by atoms with Gasteiger partial charge in [-0.05, 0) is 18.2 Å². The number of ether oxygens (including phenoxy) is 1. The van der Waals surface area contributed by atoms with Crippen molar-refractivity contribution in [2.75, 3.05) is 0 Å². The van der Waals surface area contributed by atoms with Gasteiger partial charge in [-0.3, -0.25) is 0 Å². The van der Waals surface area contributed by atoms with Gasteiger partial charge in [-0.1, -0.05) is 18.2 Å². The number of rotatable bonds is 4. The molecule has 7 nitrogen and oxygen atoms in total. The van der Waals surface area contributed by atoms with Gasteiger partial charge in [-0.25, -0.2) is 4.79 Å². The molecule has 7 heteroatoms. The minimum absolute atomic E-state index is 0.101. The summed E-state index contributed by atoms with van der Waals surface area (Å²) in [5.74, 6) is 0.477. The van der Waals surface area contributed by atoms with E-state index < -0.39 is 5.97 Å². The Kier molecular flexibility index (Phi) is 3.38. The molecule has 0 radical (unpaired) electrons. The molecule has 0 amide bonds. The second-order valence-electron chi connectivity index (χ2n) is 5.23. The number of benzene rings is 1. The van der Waals surface area contributed by atoms with Crippen molar-refractivity contribution < 1.29 is 18.4 Å². The zero-order valence-electron chi connectivity index (χ0n) is 12.8. The molecule has 0 fully saturated rings. The van der Waals surface area contributed by atoms with Gasteiger partial charge in [0, 0.05) is 24.1 Å². The van der Waals surface area contributed by atoms with E-state index in [9.17, 15) is 4.79 Å². The van der Waals surface area contributed by atoms with Crippen LogP contribution < -0.4 is 0 Å². The highest BCUT2D eigenvalue weighted by Gasteiger charge is 2.17. The number of furan rings is 1. The lowest BCUT2D eigenvalue weighted by molar-refractivity contribution is 0.0440. The highest BCUT2D eigenvalue weighted by atomic mass is 16.5. The maximum atomic E-state index is 12.3. The summed E-state index contributed by atoms with van der Waals surface area (Å²) < 4.78 is 17.8. The Balaban J connectivity index is 1.50. The molecule has 0 bridgehead atoms. The van der Waals surface area contributed by atoms with Crippen LogP contribution in [0.4, 0.5) is 0 Å². The second kappa shape index (κ2) is 5.69. The molecule has 0 aliphatic heterocycles. The van der Waals surface area contributed by atoms with E-state index in [0.717, 1.165) is 10.9 Å². The first kappa shape index (κ1) is 14.3. The lowest BCUT2D eigenvalue weighted by Gasteiger charge is -2.00. The van der Waals surface area contributed by atoms with Crippen LogP contribution in [0.25, 0.3) is 22.6 Å². The molecule has 120 valence electrons. The van der Waals surface area contributed by atoms with Crippen molar-refractivity contribution in [3.8, 4) is 11.7 Å². The molecule has 0 saturated carbocycles. The van der Waals surface area contributed by atoms with Crippen LogP contribution in [0.15, 0.2) is 57.7 Å². The molecule has 0 saturated heterocycles. The fourth-order valence-electron chi connectivity index (χ4n) is 2.52. The number of fused-ring (bicyclic) bond motifs is 1. The maximum Gasteiger partial charge on any atom is 0.340 e. The number of aromatic nitrogens is 3. The molecule has 1 aromatic carbocycles. The van der Waals surface area contributed by atoms with E-state index >= 15 is 0 Å². The normalized spacial score (nSPS) is 11.0.